The summed E-state index contributed by atoms with van der Waals surface area (Å²) in [4.78, 5) is 26.4. The summed E-state index contributed by atoms with van der Waals surface area (Å²) in [6, 6.07) is 0.582. The van der Waals surface area contributed by atoms with Crippen molar-refractivity contribution in [3.63, 3.8) is 0 Å². The van der Waals surface area contributed by atoms with Crippen LogP contribution in [0.25, 0.3) is 0 Å². The second-order valence-electron chi connectivity index (χ2n) is 4.14. The topological polar surface area (TPSA) is 40.6 Å². The van der Waals surface area contributed by atoms with E-state index >= 15 is 0 Å². The van der Waals surface area contributed by atoms with E-state index < -0.39 is 0 Å². The third-order valence-electron chi connectivity index (χ3n) is 2.93. The van der Waals surface area contributed by atoms with Gasteiger partial charge in [0.05, 0.1) is 0 Å². The van der Waals surface area contributed by atoms with E-state index in [9.17, 15) is 9.59 Å². The molecule has 0 aromatic carbocycles. The third-order valence-corrected chi connectivity index (χ3v) is 2.93. The van der Waals surface area contributed by atoms with Crippen LogP contribution in [0.5, 0.6) is 0 Å². The largest absolute Gasteiger partial charge is 0.327 e. The van der Waals surface area contributed by atoms with Gasteiger partial charge in [0, 0.05) is 12.1 Å². The predicted molar refractivity (Wildman–Crippen MR) is 45.0 cm³/mol. The van der Waals surface area contributed by atoms with E-state index in [-0.39, 0.29) is 18.0 Å². The fourth-order valence-corrected chi connectivity index (χ4v) is 1.90. The predicted octanol–water partition coefficient (Wildman–Crippen LogP) is 0.575. The van der Waals surface area contributed by atoms with Crippen molar-refractivity contribution in [2.24, 2.45) is 0 Å². The molecule has 0 atom stereocenters. The summed E-state index contributed by atoms with van der Waals surface area (Å²) < 4.78 is 0. The Morgan fingerprint density at radius 3 is 2.15 bits per heavy atom. The summed E-state index contributed by atoms with van der Waals surface area (Å²) in [5, 5.41) is 0. The van der Waals surface area contributed by atoms with Crippen LogP contribution in [0, 0.1) is 0 Å². The highest BCUT2D eigenvalue weighted by Crippen LogP contribution is 2.35. The molecule has 13 heavy (non-hydrogen) atoms. The highest BCUT2D eigenvalue weighted by atomic mass is 16.2. The molecule has 70 valence electrons. The molecule has 0 aromatic heterocycles. The van der Waals surface area contributed by atoms with Gasteiger partial charge in [-0.15, -0.1) is 0 Å². The maximum Gasteiger partial charge on any atom is 0.327 e. The molecular formula is C9H12N2O2. The summed E-state index contributed by atoms with van der Waals surface area (Å²) in [7, 11) is 0. The zero-order valence-corrected chi connectivity index (χ0v) is 7.40. The van der Waals surface area contributed by atoms with Crippen molar-refractivity contribution < 1.29 is 9.59 Å². The number of imide groups is 1. The smallest absolute Gasteiger partial charge is 0.312 e. The lowest BCUT2D eigenvalue weighted by Gasteiger charge is -2.15. The fraction of sp³-hybridized carbons (Fsp3) is 0.778. The van der Waals surface area contributed by atoms with E-state index in [1.165, 1.54) is 4.90 Å². The van der Waals surface area contributed by atoms with Crippen molar-refractivity contribution in [1.29, 1.82) is 0 Å². The molecule has 0 aromatic rings. The highest BCUT2D eigenvalue weighted by molar-refractivity contribution is 6.02. The molecule has 1 saturated heterocycles. The van der Waals surface area contributed by atoms with Crippen LogP contribution in [0.2, 0.25) is 0 Å². The summed E-state index contributed by atoms with van der Waals surface area (Å²) in [6.45, 7) is 0.333. The molecule has 3 fully saturated rings. The van der Waals surface area contributed by atoms with Crippen LogP contribution in [0.1, 0.15) is 25.7 Å². The first-order chi connectivity index (χ1) is 6.27. The SMILES string of the molecule is O=C1CN(C2CC2)C(=O)N1C1CC1. The van der Waals surface area contributed by atoms with Crippen molar-refractivity contribution in [2.45, 2.75) is 37.8 Å². The second kappa shape index (κ2) is 2.25. The Morgan fingerprint density at radius 1 is 1.00 bits per heavy atom. The number of nitrogens with zero attached hydrogens (tertiary/aromatic N) is 2. The minimum atomic E-state index is -0.0324. The quantitative estimate of drug-likeness (QED) is 0.583. The molecule has 1 aliphatic heterocycles. The minimum absolute atomic E-state index is 0.0133. The van der Waals surface area contributed by atoms with E-state index in [2.05, 4.69) is 0 Å². The average Bonchev–Trinajstić information content (AvgIpc) is 2.96. The molecule has 2 aliphatic carbocycles. The van der Waals surface area contributed by atoms with Gasteiger partial charge in [-0.2, -0.15) is 0 Å². The van der Waals surface area contributed by atoms with E-state index in [1.807, 2.05) is 0 Å². The molecule has 3 aliphatic rings. The Kier molecular flexibility index (Phi) is 1.27. The van der Waals surface area contributed by atoms with Crippen LogP contribution >= 0.6 is 0 Å². The van der Waals surface area contributed by atoms with Gasteiger partial charge in [0.15, 0.2) is 0 Å². The number of hydrogen-bond donors (Lipinski definition) is 0. The van der Waals surface area contributed by atoms with Crippen molar-refractivity contribution >= 4 is 11.9 Å². The highest BCUT2D eigenvalue weighted by Gasteiger charge is 2.48. The normalized spacial score (nSPS) is 28.9. The van der Waals surface area contributed by atoms with Gasteiger partial charge >= 0.3 is 6.03 Å². The first-order valence-corrected chi connectivity index (χ1v) is 4.90. The molecule has 3 rings (SSSR count). The molecule has 0 unspecified atom stereocenters. The van der Waals surface area contributed by atoms with Crippen LogP contribution in [-0.2, 0) is 4.79 Å². The fourth-order valence-electron chi connectivity index (χ4n) is 1.90. The summed E-state index contributed by atoms with van der Waals surface area (Å²) in [5.74, 6) is 0.0133. The Hall–Kier alpha value is -1.06. The van der Waals surface area contributed by atoms with Crippen LogP contribution in [-0.4, -0.2) is 40.4 Å². The van der Waals surface area contributed by atoms with E-state index in [0.717, 1.165) is 25.7 Å². The Balaban J connectivity index is 1.81. The van der Waals surface area contributed by atoms with Crippen molar-refractivity contribution in [2.75, 3.05) is 6.54 Å². The molecule has 0 spiro atoms. The van der Waals surface area contributed by atoms with E-state index in [1.54, 1.807) is 4.90 Å². The number of urea groups is 1. The van der Waals surface area contributed by atoms with Gasteiger partial charge in [-0.25, -0.2) is 4.79 Å². The lowest BCUT2D eigenvalue weighted by molar-refractivity contribution is -0.125. The lowest BCUT2D eigenvalue weighted by atomic mass is 10.5. The Labute approximate surface area is 76.5 Å². The van der Waals surface area contributed by atoms with E-state index in [0.29, 0.717) is 12.6 Å². The number of rotatable bonds is 2. The van der Waals surface area contributed by atoms with Gasteiger partial charge < -0.3 is 4.90 Å². The molecule has 4 nitrogen and oxygen atoms in total. The molecule has 0 radical (unpaired) electrons. The van der Waals surface area contributed by atoms with Crippen molar-refractivity contribution in [3.8, 4) is 0 Å². The number of amides is 3. The summed E-state index contributed by atoms with van der Waals surface area (Å²) >= 11 is 0. The maximum absolute atomic E-state index is 11.7. The van der Waals surface area contributed by atoms with Crippen molar-refractivity contribution in [1.82, 2.24) is 9.80 Å². The Morgan fingerprint density at radius 2 is 1.62 bits per heavy atom. The molecular weight excluding hydrogens is 168 g/mol. The minimum Gasteiger partial charge on any atom is -0.312 e. The number of carbonyl (C=O) groups excluding carboxylic acids is 2. The Bertz CT molecular complexity index is 281. The standard InChI is InChI=1S/C9H12N2O2/c12-8-5-10(6-1-2-6)9(13)11(8)7-3-4-7/h6-7H,1-5H2. The number of hydrogen-bond acceptors (Lipinski definition) is 2. The second-order valence-corrected chi connectivity index (χ2v) is 4.14. The van der Waals surface area contributed by atoms with Gasteiger partial charge in [-0.1, -0.05) is 0 Å². The average molecular weight is 180 g/mol. The first-order valence-electron chi connectivity index (χ1n) is 4.90. The van der Waals surface area contributed by atoms with E-state index in [4.69, 9.17) is 0 Å². The van der Waals surface area contributed by atoms with Crippen LogP contribution in [0.3, 0.4) is 0 Å². The van der Waals surface area contributed by atoms with Gasteiger partial charge in [-0.3, -0.25) is 9.69 Å². The van der Waals surface area contributed by atoms with Crippen LogP contribution in [0.15, 0.2) is 0 Å². The van der Waals surface area contributed by atoms with Crippen LogP contribution in [0.4, 0.5) is 4.79 Å². The van der Waals surface area contributed by atoms with Crippen LogP contribution < -0.4 is 0 Å². The lowest BCUT2D eigenvalue weighted by Crippen LogP contribution is -2.35. The monoisotopic (exact) mass is 180 g/mol. The molecule has 0 N–H and O–H groups in total. The molecule has 4 heteroatoms. The van der Waals surface area contributed by atoms with Gasteiger partial charge in [-0.05, 0) is 25.7 Å². The maximum atomic E-state index is 11.7. The van der Waals surface area contributed by atoms with Gasteiger partial charge in [0.1, 0.15) is 6.54 Å². The summed E-state index contributed by atoms with van der Waals surface area (Å²) in [5.41, 5.74) is 0. The molecule has 3 amide bonds. The number of carbonyl (C=O) groups is 2. The summed E-state index contributed by atoms with van der Waals surface area (Å²) in [6.07, 6.45) is 4.18. The first kappa shape index (κ1) is 7.35. The van der Waals surface area contributed by atoms with Gasteiger partial charge in [0.25, 0.3) is 5.91 Å². The third kappa shape index (κ3) is 1.04. The zero-order valence-electron chi connectivity index (χ0n) is 7.40. The molecule has 0 bridgehead atoms. The van der Waals surface area contributed by atoms with Crippen molar-refractivity contribution in [3.05, 3.63) is 0 Å². The zero-order chi connectivity index (χ0) is 9.00. The van der Waals surface area contributed by atoms with Gasteiger partial charge in [0.2, 0.25) is 0 Å². The molecule has 1 heterocycles. The molecule has 2 saturated carbocycles.